The lowest BCUT2D eigenvalue weighted by atomic mass is 9.93. The Labute approximate surface area is 217 Å². The van der Waals surface area contributed by atoms with Gasteiger partial charge in [0.15, 0.2) is 5.76 Å². The summed E-state index contributed by atoms with van der Waals surface area (Å²) < 4.78 is 13.0. The highest BCUT2D eigenvalue weighted by Crippen LogP contribution is 2.32. The molecule has 1 aromatic heterocycles. The van der Waals surface area contributed by atoms with Gasteiger partial charge in [0.05, 0.1) is 30.8 Å². The molecule has 0 aliphatic carbocycles. The predicted octanol–water partition coefficient (Wildman–Crippen LogP) is 5.06. The van der Waals surface area contributed by atoms with Crippen molar-refractivity contribution >= 4 is 32.9 Å². The van der Waals surface area contributed by atoms with Crippen LogP contribution in [0.3, 0.4) is 0 Å². The number of fused-ring (bicyclic) bond motifs is 1. The first-order valence-corrected chi connectivity index (χ1v) is 12.5. The Morgan fingerprint density at radius 1 is 1.08 bits per heavy atom. The van der Waals surface area contributed by atoms with Crippen molar-refractivity contribution in [1.82, 2.24) is 15.3 Å². The van der Waals surface area contributed by atoms with Crippen LogP contribution in [-0.4, -0.2) is 27.3 Å². The lowest BCUT2D eigenvalue weighted by molar-refractivity contribution is -0.150. The highest BCUT2D eigenvalue weighted by molar-refractivity contribution is 9.10. The number of carbonyl (C=O) groups excluding carboxylic acids is 1. The molecule has 3 aromatic carbocycles. The fourth-order valence-corrected chi connectivity index (χ4v) is 4.40. The number of carbonyl (C=O) groups is 1. The molecule has 0 unspecified atom stereocenters. The van der Waals surface area contributed by atoms with Gasteiger partial charge in [-0.15, -0.1) is 0 Å². The van der Waals surface area contributed by atoms with E-state index in [2.05, 4.69) is 31.2 Å². The van der Waals surface area contributed by atoms with Crippen molar-refractivity contribution < 1.29 is 19.4 Å². The number of aliphatic hydroxyl groups excluding tert-OH is 1. The molecule has 5 rings (SSSR count). The van der Waals surface area contributed by atoms with E-state index in [0.717, 1.165) is 32.2 Å². The van der Waals surface area contributed by atoms with E-state index in [-0.39, 0.29) is 30.7 Å². The fourth-order valence-electron chi connectivity index (χ4n) is 4.13. The molecule has 3 N–H and O–H groups in total. The molecule has 0 bridgehead atoms. The molecule has 0 fully saturated rings. The normalized spacial score (nSPS) is 17.4. The van der Waals surface area contributed by atoms with Crippen LogP contribution in [0.4, 0.5) is 0 Å². The van der Waals surface area contributed by atoms with Crippen LogP contribution in [-0.2, 0) is 34.0 Å². The highest BCUT2D eigenvalue weighted by atomic mass is 79.9. The largest absolute Gasteiger partial charge is 0.459 e. The number of nitrogens with one attached hydrogen (secondary N) is 2. The van der Waals surface area contributed by atoms with Crippen LogP contribution in [0, 0.1) is 0 Å². The zero-order chi connectivity index (χ0) is 24.9. The van der Waals surface area contributed by atoms with E-state index in [1.165, 1.54) is 0 Å². The molecule has 0 spiro atoms. The lowest BCUT2D eigenvalue weighted by Crippen LogP contribution is -2.32. The number of ether oxygens (including phenoxy) is 2. The molecule has 2 atom stereocenters. The topological polar surface area (TPSA) is 96.5 Å². The number of hydrogen-bond acceptors (Lipinski definition) is 5. The van der Waals surface area contributed by atoms with Crippen LogP contribution in [0.1, 0.15) is 34.9 Å². The van der Waals surface area contributed by atoms with Gasteiger partial charge in [-0.25, -0.2) is 4.98 Å². The van der Waals surface area contributed by atoms with E-state index in [0.29, 0.717) is 18.9 Å². The van der Waals surface area contributed by atoms with E-state index in [4.69, 9.17) is 9.47 Å². The maximum Gasteiger partial charge on any atom is 0.286 e. The van der Waals surface area contributed by atoms with Crippen molar-refractivity contribution in [2.24, 2.45) is 0 Å². The second-order valence-corrected chi connectivity index (χ2v) is 9.56. The Kier molecular flexibility index (Phi) is 7.46. The lowest BCUT2D eigenvalue weighted by Gasteiger charge is -2.29. The number of aromatic amines is 1. The van der Waals surface area contributed by atoms with Crippen LogP contribution in [0.15, 0.2) is 89.1 Å². The molecular weight excluding hydrogens is 522 g/mol. The summed E-state index contributed by atoms with van der Waals surface area (Å²) in [5.41, 5.74) is 4.65. The number of aromatic nitrogens is 2. The maximum absolute atomic E-state index is 13.1. The summed E-state index contributed by atoms with van der Waals surface area (Å²) in [6.45, 7) is 0.580. The average Bonchev–Trinajstić information content (AvgIpc) is 3.34. The number of H-pyrrole nitrogens is 1. The zero-order valence-electron chi connectivity index (χ0n) is 19.5. The van der Waals surface area contributed by atoms with Gasteiger partial charge in [0.25, 0.3) is 5.91 Å². The summed E-state index contributed by atoms with van der Waals surface area (Å²) in [5, 5.41) is 12.2. The van der Waals surface area contributed by atoms with Crippen molar-refractivity contribution in [2.45, 2.75) is 38.4 Å². The first-order chi connectivity index (χ1) is 17.6. The minimum atomic E-state index is -0.590. The number of nitrogens with zero attached hydrogens (tertiary/aromatic N) is 1. The minimum absolute atomic E-state index is 0.000952. The third kappa shape index (κ3) is 5.84. The summed E-state index contributed by atoms with van der Waals surface area (Å²) in [5.74, 6) is 0.536. The summed E-state index contributed by atoms with van der Waals surface area (Å²) in [4.78, 5) is 20.8. The SMILES string of the molecule is O=C(NCc1nc2ccccc2[nH]1)C1=C[C@H](c2ccc(Br)cc2)C[C@H](OCc2ccc(CO)cc2)O1. The zero-order valence-corrected chi connectivity index (χ0v) is 21.1. The van der Waals surface area contributed by atoms with Crippen LogP contribution in [0.25, 0.3) is 11.0 Å². The van der Waals surface area contributed by atoms with Crippen LogP contribution in [0.5, 0.6) is 0 Å². The van der Waals surface area contributed by atoms with Gasteiger partial charge in [0, 0.05) is 16.8 Å². The van der Waals surface area contributed by atoms with Crippen molar-refractivity contribution in [3.05, 3.63) is 112 Å². The van der Waals surface area contributed by atoms with E-state index < -0.39 is 6.29 Å². The maximum atomic E-state index is 13.1. The Balaban J connectivity index is 1.29. The molecule has 0 saturated heterocycles. The fraction of sp³-hybridized carbons (Fsp3) is 0.214. The standard InChI is InChI=1S/C28H26BrN3O4/c29-22-11-9-20(10-12-22)21-13-25(28(34)30-15-26-31-23-3-1-2-4-24(23)32-26)36-27(14-21)35-17-19-7-5-18(16-33)6-8-19/h1-13,21,27,33H,14-17H2,(H,30,34)(H,31,32)/t21-,27+/m0/s1. The molecule has 0 radical (unpaired) electrons. The molecule has 2 heterocycles. The van der Waals surface area contributed by atoms with Crippen molar-refractivity contribution in [1.29, 1.82) is 0 Å². The van der Waals surface area contributed by atoms with E-state index in [1.807, 2.05) is 78.9 Å². The van der Waals surface area contributed by atoms with Gasteiger partial charge in [0.1, 0.15) is 5.82 Å². The van der Waals surface area contributed by atoms with E-state index in [1.54, 1.807) is 0 Å². The number of benzene rings is 3. The van der Waals surface area contributed by atoms with Crippen LogP contribution >= 0.6 is 15.9 Å². The second-order valence-electron chi connectivity index (χ2n) is 8.64. The number of hydrogen-bond donors (Lipinski definition) is 3. The summed E-state index contributed by atoms with van der Waals surface area (Å²) in [7, 11) is 0. The molecule has 1 aliphatic heterocycles. The quantitative estimate of drug-likeness (QED) is 0.286. The predicted molar refractivity (Wildman–Crippen MR) is 140 cm³/mol. The van der Waals surface area contributed by atoms with Crippen LogP contribution in [0.2, 0.25) is 0 Å². The first-order valence-electron chi connectivity index (χ1n) is 11.7. The van der Waals surface area contributed by atoms with Gasteiger partial charge in [-0.05, 0) is 47.0 Å². The molecule has 36 heavy (non-hydrogen) atoms. The van der Waals surface area contributed by atoms with Crippen molar-refractivity contribution in [2.75, 3.05) is 0 Å². The second kappa shape index (κ2) is 11.1. The molecule has 0 saturated carbocycles. The molecule has 7 nitrogen and oxygen atoms in total. The number of rotatable bonds is 8. The highest BCUT2D eigenvalue weighted by Gasteiger charge is 2.29. The number of amides is 1. The van der Waals surface area contributed by atoms with Gasteiger partial charge in [0.2, 0.25) is 6.29 Å². The third-order valence-electron chi connectivity index (χ3n) is 6.08. The Morgan fingerprint density at radius 3 is 2.58 bits per heavy atom. The van der Waals surface area contributed by atoms with Gasteiger partial charge in [-0.2, -0.15) is 0 Å². The van der Waals surface area contributed by atoms with Crippen molar-refractivity contribution in [3.8, 4) is 0 Å². The van der Waals surface area contributed by atoms with Gasteiger partial charge >= 0.3 is 0 Å². The molecule has 184 valence electrons. The molecule has 1 aliphatic rings. The number of halogens is 1. The van der Waals surface area contributed by atoms with E-state index in [9.17, 15) is 9.90 Å². The van der Waals surface area contributed by atoms with Gasteiger partial charge in [-0.3, -0.25) is 4.79 Å². The van der Waals surface area contributed by atoms with Gasteiger partial charge < -0.3 is 24.9 Å². The third-order valence-corrected chi connectivity index (χ3v) is 6.60. The van der Waals surface area contributed by atoms with E-state index >= 15 is 0 Å². The molecule has 8 heteroatoms. The summed E-state index contributed by atoms with van der Waals surface area (Å²) >= 11 is 3.48. The molecule has 4 aromatic rings. The molecule has 1 amide bonds. The molecular formula is C28H26BrN3O4. The average molecular weight is 548 g/mol. The Bertz CT molecular complexity index is 1330. The number of allylic oxidation sites excluding steroid dienone is 1. The minimum Gasteiger partial charge on any atom is -0.459 e. The number of aliphatic hydroxyl groups is 1. The first kappa shape index (κ1) is 24.2. The van der Waals surface area contributed by atoms with Crippen molar-refractivity contribution in [3.63, 3.8) is 0 Å². The van der Waals surface area contributed by atoms with Crippen LogP contribution < -0.4 is 5.32 Å². The summed E-state index contributed by atoms with van der Waals surface area (Å²) in [6, 6.07) is 23.3. The van der Waals surface area contributed by atoms with Gasteiger partial charge in [-0.1, -0.05) is 64.5 Å². The summed E-state index contributed by atoms with van der Waals surface area (Å²) in [6.07, 6.45) is 1.84. The number of imidazole rings is 1. The Morgan fingerprint density at radius 2 is 1.83 bits per heavy atom. The smallest absolute Gasteiger partial charge is 0.286 e. The Hall–Kier alpha value is -3.46. The monoisotopic (exact) mass is 547 g/mol. The number of para-hydroxylation sites is 2.